The number of carbonyl (C=O) groups excluding carboxylic acids is 1. The molecule has 0 aliphatic carbocycles. The lowest BCUT2D eigenvalue weighted by Gasteiger charge is -2.15. The Kier molecular flexibility index (Phi) is 5.05. The van der Waals surface area contributed by atoms with Crippen molar-refractivity contribution in [2.75, 3.05) is 7.05 Å². The Balaban J connectivity index is 1.39. The minimum Gasteiger partial charge on any atom is -0.335 e. The zero-order chi connectivity index (χ0) is 21.4. The molecule has 7 nitrogen and oxygen atoms in total. The first-order valence-corrected chi connectivity index (χ1v) is 11.3. The maximum atomic E-state index is 13.1. The molecule has 0 fully saturated rings. The monoisotopic (exact) mass is 446 g/mol. The minimum absolute atomic E-state index is 0.114. The summed E-state index contributed by atoms with van der Waals surface area (Å²) in [6.45, 7) is 2.29. The molecule has 0 N–H and O–H groups in total. The second-order valence-electron chi connectivity index (χ2n) is 7.01. The zero-order valence-electron chi connectivity index (χ0n) is 16.9. The van der Waals surface area contributed by atoms with E-state index in [0.717, 1.165) is 25.8 Å². The molecular formula is C22H18N6OS2. The molecular weight excluding hydrogens is 428 g/mol. The lowest BCUT2D eigenvalue weighted by Crippen LogP contribution is -2.26. The molecule has 0 atom stereocenters. The zero-order valence-corrected chi connectivity index (χ0v) is 18.5. The molecule has 4 aromatic heterocycles. The van der Waals surface area contributed by atoms with Gasteiger partial charge in [0.15, 0.2) is 0 Å². The first kappa shape index (κ1) is 19.5. The first-order chi connectivity index (χ1) is 15.1. The van der Waals surface area contributed by atoms with Gasteiger partial charge in [0, 0.05) is 13.2 Å². The van der Waals surface area contributed by atoms with Gasteiger partial charge in [0.05, 0.1) is 44.8 Å². The van der Waals surface area contributed by atoms with E-state index in [1.165, 1.54) is 0 Å². The molecule has 1 amide bonds. The molecule has 0 aliphatic rings. The summed E-state index contributed by atoms with van der Waals surface area (Å²) in [6, 6.07) is 13.8. The van der Waals surface area contributed by atoms with Gasteiger partial charge in [-0.2, -0.15) is 5.10 Å². The van der Waals surface area contributed by atoms with Crippen molar-refractivity contribution in [1.82, 2.24) is 29.6 Å². The van der Waals surface area contributed by atoms with Crippen LogP contribution in [-0.4, -0.2) is 42.6 Å². The standard InChI is InChI=1S/C22H18N6OS2/c1-14-15(21(29)27(2)13-20-25-16-6-3-4-7-19(16)31-20)12-24-28(14)22-23-10-9-17(26-22)18-8-5-11-30-18/h3-12H,13H2,1-2H3. The first-order valence-electron chi connectivity index (χ1n) is 9.62. The van der Waals surface area contributed by atoms with Gasteiger partial charge in [-0.25, -0.2) is 19.6 Å². The lowest BCUT2D eigenvalue weighted by molar-refractivity contribution is 0.0784. The van der Waals surface area contributed by atoms with Gasteiger partial charge >= 0.3 is 0 Å². The Labute approximate surface area is 186 Å². The summed E-state index contributed by atoms with van der Waals surface area (Å²) in [5.74, 6) is 0.327. The highest BCUT2D eigenvalue weighted by Gasteiger charge is 2.21. The number of hydrogen-bond donors (Lipinski definition) is 0. The second kappa shape index (κ2) is 8.01. The minimum atomic E-state index is -0.114. The molecule has 31 heavy (non-hydrogen) atoms. The van der Waals surface area contributed by atoms with E-state index >= 15 is 0 Å². The van der Waals surface area contributed by atoms with Crippen molar-refractivity contribution >= 4 is 38.8 Å². The third-order valence-corrected chi connectivity index (χ3v) is 6.82. The van der Waals surface area contributed by atoms with Gasteiger partial charge < -0.3 is 4.90 Å². The summed E-state index contributed by atoms with van der Waals surface area (Å²) in [7, 11) is 1.78. The molecule has 9 heteroatoms. The number of para-hydroxylation sites is 1. The van der Waals surface area contributed by atoms with Crippen LogP contribution in [0.2, 0.25) is 0 Å². The van der Waals surface area contributed by atoms with Crippen LogP contribution in [0.1, 0.15) is 21.1 Å². The van der Waals surface area contributed by atoms with Crippen molar-refractivity contribution in [2.24, 2.45) is 0 Å². The predicted molar refractivity (Wildman–Crippen MR) is 123 cm³/mol. The predicted octanol–water partition coefficient (Wildman–Crippen LogP) is 4.58. The van der Waals surface area contributed by atoms with Crippen LogP contribution in [0.4, 0.5) is 0 Å². The Hall–Kier alpha value is -3.43. The van der Waals surface area contributed by atoms with Crippen LogP contribution in [0.25, 0.3) is 26.7 Å². The number of thiophene rings is 1. The molecule has 0 bridgehead atoms. The number of carbonyl (C=O) groups is 1. The average molecular weight is 447 g/mol. The number of aromatic nitrogens is 5. The summed E-state index contributed by atoms with van der Waals surface area (Å²) in [5, 5.41) is 7.29. The quantitative estimate of drug-likeness (QED) is 0.395. The molecule has 0 spiro atoms. The maximum absolute atomic E-state index is 13.1. The van der Waals surface area contributed by atoms with Crippen LogP contribution in [0.3, 0.4) is 0 Å². The highest BCUT2D eigenvalue weighted by atomic mass is 32.1. The van der Waals surface area contributed by atoms with Crippen molar-refractivity contribution in [3.8, 4) is 16.5 Å². The molecule has 154 valence electrons. The van der Waals surface area contributed by atoms with Crippen molar-refractivity contribution in [2.45, 2.75) is 13.5 Å². The van der Waals surface area contributed by atoms with Crippen molar-refractivity contribution < 1.29 is 4.79 Å². The molecule has 5 aromatic rings. The van der Waals surface area contributed by atoms with Crippen LogP contribution >= 0.6 is 22.7 Å². The molecule has 0 aliphatic heterocycles. The molecule has 5 rings (SSSR count). The number of hydrogen-bond acceptors (Lipinski definition) is 7. The van der Waals surface area contributed by atoms with E-state index in [1.54, 1.807) is 51.7 Å². The maximum Gasteiger partial charge on any atom is 0.257 e. The fourth-order valence-corrected chi connectivity index (χ4v) is 5.02. The van der Waals surface area contributed by atoms with Crippen LogP contribution in [-0.2, 0) is 6.54 Å². The second-order valence-corrected chi connectivity index (χ2v) is 9.07. The highest BCUT2D eigenvalue weighted by molar-refractivity contribution is 7.18. The number of nitrogens with zero attached hydrogens (tertiary/aromatic N) is 6. The molecule has 1 aromatic carbocycles. The highest BCUT2D eigenvalue weighted by Crippen LogP contribution is 2.24. The summed E-state index contributed by atoms with van der Waals surface area (Å²) in [5.41, 5.74) is 3.00. The van der Waals surface area contributed by atoms with Gasteiger partial charge in [-0.3, -0.25) is 4.79 Å². The van der Waals surface area contributed by atoms with E-state index < -0.39 is 0 Å². The molecule has 0 saturated carbocycles. The van der Waals surface area contributed by atoms with E-state index in [2.05, 4.69) is 20.1 Å². The molecule has 0 saturated heterocycles. The normalized spacial score (nSPS) is 11.2. The van der Waals surface area contributed by atoms with Crippen LogP contribution in [0, 0.1) is 6.92 Å². The van der Waals surface area contributed by atoms with Gasteiger partial charge in [-0.15, -0.1) is 22.7 Å². The van der Waals surface area contributed by atoms with Gasteiger partial charge in [0.25, 0.3) is 11.9 Å². The Morgan fingerprint density at radius 2 is 2.00 bits per heavy atom. The van der Waals surface area contributed by atoms with E-state index in [4.69, 9.17) is 0 Å². The third-order valence-electron chi connectivity index (χ3n) is 4.90. The molecule has 0 radical (unpaired) electrons. The number of benzene rings is 1. The Bertz CT molecular complexity index is 1340. The van der Waals surface area contributed by atoms with Gasteiger partial charge in [-0.05, 0) is 36.6 Å². The van der Waals surface area contributed by atoms with Gasteiger partial charge in [0.1, 0.15) is 5.01 Å². The topological polar surface area (TPSA) is 76.8 Å². The summed E-state index contributed by atoms with van der Waals surface area (Å²) in [6.07, 6.45) is 3.28. The number of thiazole rings is 1. The van der Waals surface area contributed by atoms with E-state index in [1.807, 2.05) is 54.8 Å². The summed E-state index contributed by atoms with van der Waals surface area (Å²) in [4.78, 5) is 29.4. The molecule has 0 unspecified atom stereocenters. The van der Waals surface area contributed by atoms with E-state index in [9.17, 15) is 4.79 Å². The third kappa shape index (κ3) is 3.73. The van der Waals surface area contributed by atoms with E-state index in [0.29, 0.717) is 23.8 Å². The van der Waals surface area contributed by atoms with Crippen molar-refractivity contribution in [3.05, 3.63) is 76.5 Å². The Morgan fingerprint density at radius 1 is 1.13 bits per heavy atom. The summed E-state index contributed by atoms with van der Waals surface area (Å²) >= 11 is 3.21. The van der Waals surface area contributed by atoms with Gasteiger partial charge in [-0.1, -0.05) is 18.2 Å². The lowest BCUT2D eigenvalue weighted by atomic mass is 10.2. The van der Waals surface area contributed by atoms with E-state index in [-0.39, 0.29) is 5.91 Å². The number of amides is 1. The SMILES string of the molecule is Cc1c(C(=O)N(C)Cc2nc3ccccc3s2)cnn1-c1nccc(-c2cccs2)n1. The van der Waals surface area contributed by atoms with Crippen LogP contribution < -0.4 is 0 Å². The smallest absolute Gasteiger partial charge is 0.257 e. The largest absolute Gasteiger partial charge is 0.335 e. The Morgan fingerprint density at radius 3 is 2.81 bits per heavy atom. The summed E-state index contributed by atoms with van der Waals surface area (Å²) < 4.78 is 2.72. The fraction of sp³-hybridized carbons (Fsp3) is 0.136. The van der Waals surface area contributed by atoms with Crippen molar-refractivity contribution in [1.29, 1.82) is 0 Å². The molecule has 4 heterocycles. The van der Waals surface area contributed by atoms with Gasteiger partial charge in [0.2, 0.25) is 0 Å². The average Bonchev–Trinajstić information content (AvgIpc) is 3.52. The fourth-order valence-electron chi connectivity index (χ4n) is 3.30. The number of rotatable bonds is 5. The van der Waals surface area contributed by atoms with Crippen molar-refractivity contribution in [3.63, 3.8) is 0 Å². The number of fused-ring (bicyclic) bond motifs is 1. The van der Waals surface area contributed by atoms with Crippen LogP contribution in [0.5, 0.6) is 0 Å². The van der Waals surface area contributed by atoms with Crippen LogP contribution in [0.15, 0.2) is 60.2 Å².